The molecule has 1 unspecified atom stereocenters. The van der Waals surface area contributed by atoms with Crippen molar-refractivity contribution in [2.24, 2.45) is 5.41 Å². The lowest BCUT2D eigenvalue weighted by molar-refractivity contribution is -0.141. The second kappa shape index (κ2) is 7.26. The fourth-order valence-electron chi connectivity index (χ4n) is 3.63. The van der Waals surface area contributed by atoms with Gasteiger partial charge >= 0.3 is 0 Å². The molecule has 21 heavy (non-hydrogen) atoms. The monoisotopic (exact) mass is 291 g/mol. The first-order valence-electron chi connectivity index (χ1n) is 8.57. The SMILES string of the molecule is CCC(C)N1CCN(C(=O)C2(C#N)CCCCCC2)CC1. The molecule has 1 amide bonds. The van der Waals surface area contributed by atoms with E-state index >= 15 is 0 Å². The van der Waals surface area contributed by atoms with Gasteiger partial charge in [0.05, 0.1) is 6.07 Å². The van der Waals surface area contributed by atoms with Crippen LogP contribution in [-0.2, 0) is 4.79 Å². The van der Waals surface area contributed by atoms with Gasteiger partial charge in [-0.1, -0.05) is 32.6 Å². The van der Waals surface area contributed by atoms with E-state index in [0.717, 1.165) is 58.3 Å². The Bertz CT molecular complexity index is 385. The number of carbonyl (C=O) groups is 1. The number of hydrogen-bond donors (Lipinski definition) is 0. The Balaban J connectivity index is 1.98. The molecule has 2 aliphatic rings. The number of nitrogens with zero attached hydrogens (tertiary/aromatic N) is 3. The number of nitriles is 1. The molecule has 1 aliphatic carbocycles. The minimum atomic E-state index is -0.727. The lowest BCUT2D eigenvalue weighted by Crippen LogP contribution is -2.54. The van der Waals surface area contributed by atoms with Crippen LogP contribution in [0.5, 0.6) is 0 Å². The number of hydrogen-bond acceptors (Lipinski definition) is 3. The zero-order chi connectivity index (χ0) is 15.3. The summed E-state index contributed by atoms with van der Waals surface area (Å²) < 4.78 is 0. The van der Waals surface area contributed by atoms with E-state index in [1.54, 1.807) is 0 Å². The predicted octanol–water partition coefficient (Wildman–Crippen LogP) is 2.79. The topological polar surface area (TPSA) is 47.3 Å². The molecule has 1 heterocycles. The average Bonchev–Trinajstić information content (AvgIpc) is 2.80. The van der Waals surface area contributed by atoms with E-state index < -0.39 is 5.41 Å². The largest absolute Gasteiger partial charge is 0.339 e. The van der Waals surface area contributed by atoms with Gasteiger partial charge < -0.3 is 4.90 Å². The maximum atomic E-state index is 12.9. The Morgan fingerprint density at radius 1 is 1.14 bits per heavy atom. The van der Waals surface area contributed by atoms with Crippen LogP contribution in [0.25, 0.3) is 0 Å². The molecule has 1 atom stereocenters. The van der Waals surface area contributed by atoms with Crippen LogP contribution in [0.4, 0.5) is 0 Å². The summed E-state index contributed by atoms with van der Waals surface area (Å²) in [5.74, 6) is 0.107. The van der Waals surface area contributed by atoms with Gasteiger partial charge in [0.15, 0.2) is 0 Å². The summed E-state index contributed by atoms with van der Waals surface area (Å²) in [7, 11) is 0. The molecule has 0 spiro atoms. The second-order valence-electron chi connectivity index (χ2n) is 6.69. The van der Waals surface area contributed by atoms with Gasteiger partial charge in [-0.05, 0) is 26.2 Å². The van der Waals surface area contributed by atoms with E-state index in [4.69, 9.17) is 0 Å². The highest BCUT2D eigenvalue weighted by atomic mass is 16.2. The quantitative estimate of drug-likeness (QED) is 0.751. The molecular weight excluding hydrogens is 262 g/mol. The molecule has 1 saturated carbocycles. The smallest absolute Gasteiger partial charge is 0.243 e. The van der Waals surface area contributed by atoms with Crippen molar-refractivity contribution in [2.45, 2.75) is 64.8 Å². The highest BCUT2D eigenvalue weighted by molar-refractivity contribution is 5.85. The van der Waals surface area contributed by atoms with Gasteiger partial charge in [0.25, 0.3) is 0 Å². The van der Waals surface area contributed by atoms with Crippen LogP contribution in [0.1, 0.15) is 58.8 Å². The molecule has 0 aromatic carbocycles. The van der Waals surface area contributed by atoms with Crippen LogP contribution >= 0.6 is 0 Å². The van der Waals surface area contributed by atoms with Crippen molar-refractivity contribution in [1.29, 1.82) is 5.26 Å². The molecule has 4 nitrogen and oxygen atoms in total. The highest BCUT2D eigenvalue weighted by Crippen LogP contribution is 2.36. The van der Waals surface area contributed by atoms with Crippen LogP contribution in [-0.4, -0.2) is 47.9 Å². The van der Waals surface area contributed by atoms with Crippen molar-refractivity contribution in [3.05, 3.63) is 0 Å². The Hall–Kier alpha value is -1.08. The van der Waals surface area contributed by atoms with Crippen molar-refractivity contribution >= 4 is 5.91 Å². The highest BCUT2D eigenvalue weighted by Gasteiger charge is 2.42. The van der Waals surface area contributed by atoms with Crippen LogP contribution in [0, 0.1) is 16.7 Å². The zero-order valence-corrected chi connectivity index (χ0v) is 13.6. The fraction of sp³-hybridized carbons (Fsp3) is 0.882. The van der Waals surface area contributed by atoms with E-state index in [0.29, 0.717) is 6.04 Å². The first-order chi connectivity index (χ1) is 10.1. The van der Waals surface area contributed by atoms with Crippen LogP contribution in [0.15, 0.2) is 0 Å². The summed E-state index contributed by atoms with van der Waals surface area (Å²) in [4.78, 5) is 17.3. The van der Waals surface area contributed by atoms with Crippen LogP contribution in [0.2, 0.25) is 0 Å². The van der Waals surface area contributed by atoms with E-state index in [-0.39, 0.29) is 5.91 Å². The summed E-state index contributed by atoms with van der Waals surface area (Å²) in [5, 5.41) is 9.64. The Labute approximate surface area is 129 Å². The average molecular weight is 291 g/mol. The normalized spacial score (nSPS) is 24.9. The third kappa shape index (κ3) is 3.58. The molecule has 0 aromatic rings. The van der Waals surface area contributed by atoms with E-state index in [2.05, 4.69) is 24.8 Å². The minimum absolute atomic E-state index is 0.107. The lowest BCUT2D eigenvalue weighted by Gasteiger charge is -2.40. The molecule has 4 heteroatoms. The Morgan fingerprint density at radius 2 is 1.71 bits per heavy atom. The summed E-state index contributed by atoms with van der Waals surface area (Å²) in [6, 6.07) is 2.98. The summed E-state index contributed by atoms with van der Waals surface area (Å²) in [6.45, 7) is 7.92. The van der Waals surface area contributed by atoms with Crippen LogP contribution < -0.4 is 0 Å². The zero-order valence-electron chi connectivity index (χ0n) is 13.6. The van der Waals surface area contributed by atoms with Crippen molar-refractivity contribution < 1.29 is 4.79 Å². The maximum Gasteiger partial charge on any atom is 0.243 e. The third-order valence-electron chi connectivity index (χ3n) is 5.40. The summed E-state index contributed by atoms with van der Waals surface area (Å²) in [5.41, 5.74) is -0.727. The lowest BCUT2D eigenvalue weighted by atomic mass is 9.80. The number of piperazine rings is 1. The van der Waals surface area contributed by atoms with Gasteiger partial charge in [-0.3, -0.25) is 9.69 Å². The molecular formula is C17H29N3O. The molecule has 0 aromatic heterocycles. The molecule has 0 radical (unpaired) electrons. The predicted molar refractivity (Wildman–Crippen MR) is 83.7 cm³/mol. The Morgan fingerprint density at radius 3 is 2.19 bits per heavy atom. The van der Waals surface area contributed by atoms with E-state index in [1.165, 1.54) is 12.8 Å². The molecule has 0 bridgehead atoms. The maximum absolute atomic E-state index is 12.9. The fourth-order valence-corrected chi connectivity index (χ4v) is 3.63. The Kier molecular flexibility index (Phi) is 5.64. The molecule has 118 valence electrons. The number of carbonyl (C=O) groups excluding carboxylic acids is 1. The van der Waals surface area contributed by atoms with E-state index in [1.807, 2.05) is 4.90 Å². The number of amides is 1. The third-order valence-corrected chi connectivity index (χ3v) is 5.40. The van der Waals surface area contributed by atoms with Gasteiger partial charge in [0.2, 0.25) is 5.91 Å². The van der Waals surface area contributed by atoms with Gasteiger partial charge in [0, 0.05) is 32.2 Å². The van der Waals surface area contributed by atoms with Gasteiger partial charge in [0.1, 0.15) is 5.41 Å². The van der Waals surface area contributed by atoms with Crippen molar-refractivity contribution in [1.82, 2.24) is 9.80 Å². The van der Waals surface area contributed by atoms with Crippen LogP contribution in [0.3, 0.4) is 0 Å². The second-order valence-corrected chi connectivity index (χ2v) is 6.69. The summed E-state index contributed by atoms with van der Waals surface area (Å²) >= 11 is 0. The molecule has 1 aliphatic heterocycles. The molecule has 0 N–H and O–H groups in total. The molecule has 1 saturated heterocycles. The van der Waals surface area contributed by atoms with Gasteiger partial charge in [-0.15, -0.1) is 0 Å². The molecule has 2 fully saturated rings. The first-order valence-corrected chi connectivity index (χ1v) is 8.57. The standard InChI is InChI=1S/C17H29N3O/c1-3-15(2)19-10-12-20(13-11-19)16(21)17(14-18)8-6-4-5-7-9-17/h15H,3-13H2,1-2H3. The molecule has 2 rings (SSSR count). The van der Waals surface area contributed by atoms with Gasteiger partial charge in [-0.2, -0.15) is 5.26 Å². The summed E-state index contributed by atoms with van der Waals surface area (Å²) in [6.07, 6.45) is 7.03. The van der Waals surface area contributed by atoms with Crippen molar-refractivity contribution in [3.8, 4) is 6.07 Å². The first kappa shape index (κ1) is 16.3. The van der Waals surface area contributed by atoms with Crippen molar-refractivity contribution in [3.63, 3.8) is 0 Å². The van der Waals surface area contributed by atoms with Gasteiger partial charge in [-0.25, -0.2) is 0 Å². The minimum Gasteiger partial charge on any atom is -0.339 e. The van der Waals surface area contributed by atoms with E-state index in [9.17, 15) is 10.1 Å². The van der Waals surface area contributed by atoms with Crippen molar-refractivity contribution in [2.75, 3.05) is 26.2 Å². The number of rotatable bonds is 3.